The minimum absolute atomic E-state index is 0.0264. The number of allylic oxidation sites excluding steroid dienone is 1. The molecule has 3 atom stereocenters. The van der Waals surface area contributed by atoms with Crippen molar-refractivity contribution >= 4 is 40.6 Å². The molecule has 5 rings (SSSR count). The summed E-state index contributed by atoms with van der Waals surface area (Å²) >= 11 is 1.59. The Morgan fingerprint density at radius 3 is 2.38 bits per heavy atom. The Balaban J connectivity index is 1.24. The number of hydrogen-bond acceptors (Lipinski definition) is 10. The van der Waals surface area contributed by atoms with Crippen molar-refractivity contribution in [2.24, 2.45) is 0 Å². The smallest absolute Gasteiger partial charge is 0.410 e. The second-order valence-corrected chi connectivity index (χ2v) is 14.2. The number of aliphatic hydroxyl groups excluding tert-OH is 1. The molecule has 0 spiro atoms. The Bertz CT molecular complexity index is 1630. The zero-order valence-electron chi connectivity index (χ0n) is 28.1. The van der Waals surface area contributed by atoms with Gasteiger partial charge in [-0.05, 0) is 59.6 Å². The highest BCUT2D eigenvalue weighted by molar-refractivity contribution is 7.13. The summed E-state index contributed by atoms with van der Waals surface area (Å²) in [6.07, 6.45) is -1.05. The molecule has 3 amide bonds. The first-order valence-electron chi connectivity index (χ1n) is 15.9. The predicted molar refractivity (Wildman–Crippen MR) is 180 cm³/mol. The predicted octanol–water partition coefficient (Wildman–Crippen LogP) is 4.80. The Hall–Kier alpha value is -4.23. The van der Waals surface area contributed by atoms with Gasteiger partial charge in [0.1, 0.15) is 11.6 Å². The zero-order chi connectivity index (χ0) is 34.0. The highest BCUT2D eigenvalue weighted by Crippen LogP contribution is 2.31. The summed E-state index contributed by atoms with van der Waals surface area (Å²) in [4.78, 5) is 50.6. The quantitative estimate of drug-likeness (QED) is 0.341. The molecule has 2 fully saturated rings. The van der Waals surface area contributed by atoms with Crippen LogP contribution in [-0.4, -0.2) is 93.4 Å². The number of piperazine rings is 1. The molecule has 2 aliphatic heterocycles. The fourth-order valence-corrected chi connectivity index (χ4v) is 6.68. The number of amides is 3. The largest absolute Gasteiger partial charge is 0.444 e. The van der Waals surface area contributed by atoms with E-state index >= 15 is 0 Å². The average Bonchev–Trinajstić information content (AvgIpc) is 3.76. The number of likely N-dealkylation sites (tertiary alicyclic amines) is 1. The number of ether oxygens (including phenoxy) is 1. The number of anilines is 1. The number of benzene rings is 1. The van der Waals surface area contributed by atoms with Crippen molar-refractivity contribution in [2.45, 2.75) is 78.7 Å². The zero-order valence-corrected chi connectivity index (χ0v) is 28.9. The summed E-state index contributed by atoms with van der Waals surface area (Å²) in [7, 11) is 0. The number of carbonyl (C=O) groups excluding carboxylic acids is 3. The second kappa shape index (κ2) is 13.9. The lowest BCUT2D eigenvalue weighted by atomic mass is 10.0. The van der Waals surface area contributed by atoms with Crippen LogP contribution >= 0.6 is 11.3 Å². The summed E-state index contributed by atoms with van der Waals surface area (Å²) in [6, 6.07) is 8.53. The van der Waals surface area contributed by atoms with E-state index in [2.05, 4.69) is 15.5 Å². The topological polar surface area (TPSA) is 141 Å². The first-order valence-corrected chi connectivity index (χ1v) is 16.8. The molecule has 2 aliphatic rings. The van der Waals surface area contributed by atoms with Crippen molar-refractivity contribution in [3.05, 3.63) is 58.4 Å². The van der Waals surface area contributed by atoms with Crippen LogP contribution in [-0.2, 0) is 14.3 Å². The molecule has 2 aromatic heterocycles. The first kappa shape index (κ1) is 34.1. The standard InChI is InChI=1S/C34H44N6O6S/c1-20(2)29(27-17-28(37-46-27)38-12-14-39(15-13-38)33(44)45-34(5,6)7)32(43)40-18-25(41)16-26(40)31(42)36-21(3)23-8-10-24(11-9-23)30-22(4)35-19-47-30/h8-11,17,19,21,25-26,41H,12-16,18H2,1-7H3,(H,36,42)/t21-,25+,26-/m0/s1. The number of β-amino-alcohol motifs (C(OH)–C–C–N with tert-alkyl or cyclic N) is 1. The van der Waals surface area contributed by atoms with Gasteiger partial charge < -0.3 is 34.4 Å². The highest BCUT2D eigenvalue weighted by Gasteiger charge is 2.41. The fourth-order valence-electron chi connectivity index (χ4n) is 5.87. The third kappa shape index (κ3) is 7.84. The van der Waals surface area contributed by atoms with Gasteiger partial charge in [-0.3, -0.25) is 9.59 Å². The fraction of sp³-hybridized carbons (Fsp3) is 0.500. The van der Waals surface area contributed by atoms with E-state index < -0.39 is 23.7 Å². The molecule has 47 heavy (non-hydrogen) atoms. The summed E-state index contributed by atoms with van der Waals surface area (Å²) in [6.45, 7) is 15.0. The number of aryl methyl sites for hydroxylation is 1. The van der Waals surface area contributed by atoms with E-state index in [0.717, 1.165) is 21.7 Å². The number of carbonyl (C=O) groups is 3. The Morgan fingerprint density at radius 1 is 1.11 bits per heavy atom. The summed E-state index contributed by atoms with van der Waals surface area (Å²) in [5, 5.41) is 17.8. The van der Waals surface area contributed by atoms with Crippen molar-refractivity contribution in [3.8, 4) is 10.4 Å². The molecule has 0 saturated carbocycles. The van der Waals surface area contributed by atoms with Gasteiger partial charge >= 0.3 is 6.09 Å². The number of nitrogens with zero attached hydrogens (tertiary/aromatic N) is 5. The van der Waals surface area contributed by atoms with Crippen LogP contribution in [0.2, 0.25) is 0 Å². The van der Waals surface area contributed by atoms with Crippen molar-refractivity contribution in [1.29, 1.82) is 0 Å². The van der Waals surface area contributed by atoms with E-state index in [1.165, 1.54) is 4.90 Å². The molecule has 13 heteroatoms. The minimum Gasteiger partial charge on any atom is -0.444 e. The van der Waals surface area contributed by atoms with Gasteiger partial charge in [0.15, 0.2) is 11.6 Å². The van der Waals surface area contributed by atoms with E-state index in [1.807, 2.05) is 69.3 Å². The maximum absolute atomic E-state index is 14.0. The van der Waals surface area contributed by atoms with Crippen LogP contribution in [0.3, 0.4) is 0 Å². The molecular weight excluding hydrogens is 620 g/mol. The van der Waals surface area contributed by atoms with Crippen LogP contribution in [0.1, 0.15) is 71.0 Å². The highest BCUT2D eigenvalue weighted by atomic mass is 32.1. The SMILES string of the molecule is CC(C)=C(C(=O)N1C[C@H](O)C[C@H]1C(=O)N[C@@H](C)c1ccc(-c2scnc2C)cc1)c1cc(N2CCN(C(=O)OC(C)(C)C)CC2)no1. The number of aliphatic hydroxyl groups is 1. The minimum atomic E-state index is -0.850. The molecule has 0 bridgehead atoms. The van der Waals surface area contributed by atoms with E-state index in [1.54, 1.807) is 36.2 Å². The molecule has 0 radical (unpaired) electrons. The lowest BCUT2D eigenvalue weighted by molar-refractivity contribution is -0.135. The van der Waals surface area contributed by atoms with Gasteiger partial charge in [0.05, 0.1) is 33.8 Å². The maximum atomic E-state index is 14.0. The van der Waals surface area contributed by atoms with Gasteiger partial charge in [-0.2, -0.15) is 0 Å². The Morgan fingerprint density at radius 2 is 1.79 bits per heavy atom. The van der Waals surface area contributed by atoms with Gasteiger partial charge in [0.25, 0.3) is 5.91 Å². The van der Waals surface area contributed by atoms with Crippen LogP contribution in [0, 0.1) is 6.92 Å². The number of nitrogens with one attached hydrogen (secondary N) is 1. The van der Waals surface area contributed by atoms with Crippen LogP contribution in [0.4, 0.5) is 10.6 Å². The van der Waals surface area contributed by atoms with Gasteiger partial charge in [0, 0.05) is 45.2 Å². The van der Waals surface area contributed by atoms with Gasteiger partial charge in [-0.1, -0.05) is 35.0 Å². The average molecular weight is 665 g/mol. The molecule has 4 heterocycles. The third-order valence-corrected chi connectivity index (χ3v) is 9.31. The molecular formula is C34H44N6O6S. The number of rotatable bonds is 7. The molecule has 1 aromatic carbocycles. The Labute approximate surface area is 279 Å². The van der Waals surface area contributed by atoms with Crippen LogP contribution in [0.5, 0.6) is 0 Å². The lowest BCUT2D eigenvalue weighted by Crippen LogP contribution is -2.50. The molecule has 3 aromatic rings. The van der Waals surface area contributed by atoms with Crippen LogP contribution in [0.25, 0.3) is 16.0 Å². The summed E-state index contributed by atoms with van der Waals surface area (Å²) in [5.74, 6) is 0.0938. The van der Waals surface area contributed by atoms with E-state index in [-0.39, 0.29) is 36.8 Å². The van der Waals surface area contributed by atoms with Gasteiger partial charge in [0.2, 0.25) is 5.91 Å². The van der Waals surface area contributed by atoms with Crippen molar-refractivity contribution in [1.82, 2.24) is 25.3 Å². The summed E-state index contributed by atoms with van der Waals surface area (Å²) in [5.41, 5.74) is 5.21. The monoisotopic (exact) mass is 664 g/mol. The first-order chi connectivity index (χ1) is 22.2. The molecule has 2 saturated heterocycles. The van der Waals surface area contributed by atoms with Crippen molar-refractivity contribution in [2.75, 3.05) is 37.6 Å². The van der Waals surface area contributed by atoms with Gasteiger partial charge in [-0.25, -0.2) is 9.78 Å². The van der Waals surface area contributed by atoms with Crippen molar-refractivity contribution < 1.29 is 28.8 Å². The van der Waals surface area contributed by atoms with E-state index in [4.69, 9.17) is 9.26 Å². The lowest BCUT2D eigenvalue weighted by Gasteiger charge is -2.35. The number of hydrogen-bond donors (Lipinski definition) is 2. The summed E-state index contributed by atoms with van der Waals surface area (Å²) < 4.78 is 11.2. The normalized spacial score (nSPS) is 19.0. The third-order valence-electron chi connectivity index (χ3n) is 8.33. The molecule has 252 valence electrons. The van der Waals surface area contributed by atoms with E-state index in [9.17, 15) is 19.5 Å². The second-order valence-electron chi connectivity index (χ2n) is 13.4. The molecule has 2 N–H and O–H groups in total. The van der Waals surface area contributed by atoms with Crippen LogP contribution in [0.15, 0.2) is 45.9 Å². The molecule has 12 nitrogen and oxygen atoms in total. The van der Waals surface area contributed by atoms with Crippen molar-refractivity contribution in [3.63, 3.8) is 0 Å². The molecule has 0 aliphatic carbocycles. The Kier molecular flexibility index (Phi) is 10.1. The maximum Gasteiger partial charge on any atom is 0.410 e. The number of aromatic nitrogens is 2. The van der Waals surface area contributed by atoms with E-state index in [0.29, 0.717) is 43.1 Å². The van der Waals surface area contributed by atoms with Gasteiger partial charge in [-0.15, -0.1) is 11.3 Å². The molecule has 0 unspecified atom stereocenters. The van der Waals surface area contributed by atoms with Crippen LogP contribution < -0.4 is 10.2 Å². The number of thiazole rings is 1.